The molecule has 1 aromatic heterocycles. The highest BCUT2D eigenvalue weighted by molar-refractivity contribution is 8.00. The van der Waals surface area contributed by atoms with Crippen molar-refractivity contribution in [3.05, 3.63) is 35.6 Å². The van der Waals surface area contributed by atoms with Gasteiger partial charge in [-0.15, -0.1) is 5.10 Å². The molecule has 0 spiro atoms. The lowest BCUT2D eigenvalue weighted by Gasteiger charge is -2.17. The average Bonchev–Trinajstić information content (AvgIpc) is 2.84. The van der Waals surface area contributed by atoms with Gasteiger partial charge in [-0.25, -0.2) is 9.07 Å². The normalized spacial score (nSPS) is 13.7. The van der Waals surface area contributed by atoms with Gasteiger partial charge in [0.2, 0.25) is 11.1 Å². The van der Waals surface area contributed by atoms with Crippen molar-refractivity contribution < 1.29 is 9.18 Å². The number of thioether (sulfide) groups is 1. The first-order valence-electron chi connectivity index (χ1n) is 6.42. The Balaban J connectivity index is 1.94. The molecule has 6 nitrogen and oxygen atoms in total. The van der Waals surface area contributed by atoms with E-state index < -0.39 is 0 Å². The van der Waals surface area contributed by atoms with Crippen molar-refractivity contribution in [1.29, 1.82) is 0 Å². The van der Waals surface area contributed by atoms with Crippen LogP contribution in [0.15, 0.2) is 29.4 Å². The van der Waals surface area contributed by atoms with E-state index in [-0.39, 0.29) is 23.0 Å². The Morgan fingerprint density at radius 2 is 2.00 bits per heavy atom. The van der Waals surface area contributed by atoms with Crippen LogP contribution in [-0.2, 0) is 11.8 Å². The number of rotatable bonds is 5. The number of halogens is 1. The summed E-state index contributed by atoms with van der Waals surface area (Å²) in [6.07, 6.45) is 0. The summed E-state index contributed by atoms with van der Waals surface area (Å²) in [6.45, 7) is 3.64. The summed E-state index contributed by atoms with van der Waals surface area (Å²) in [5.41, 5.74) is 0.849. The lowest BCUT2D eigenvalue weighted by molar-refractivity contribution is -0.120. The number of nitrogens with one attached hydrogen (secondary N) is 1. The van der Waals surface area contributed by atoms with Gasteiger partial charge in [-0.3, -0.25) is 4.79 Å². The van der Waals surface area contributed by atoms with Crippen LogP contribution >= 0.6 is 11.8 Å². The molecule has 0 fully saturated rings. The van der Waals surface area contributed by atoms with Crippen molar-refractivity contribution in [1.82, 2.24) is 25.5 Å². The average molecular weight is 309 g/mol. The number of benzene rings is 1. The van der Waals surface area contributed by atoms with E-state index in [0.717, 1.165) is 5.56 Å². The van der Waals surface area contributed by atoms with Crippen LogP contribution in [0, 0.1) is 5.82 Å². The third-order valence-electron chi connectivity index (χ3n) is 2.96. The van der Waals surface area contributed by atoms with Crippen molar-refractivity contribution in [3.8, 4) is 0 Å². The third kappa shape index (κ3) is 4.01. The number of carbonyl (C=O) groups is 1. The molecule has 0 aliphatic carbocycles. The maximum absolute atomic E-state index is 12.9. The van der Waals surface area contributed by atoms with E-state index in [0.29, 0.717) is 5.16 Å². The maximum atomic E-state index is 12.9. The zero-order valence-corrected chi connectivity index (χ0v) is 12.8. The Kier molecular flexibility index (Phi) is 4.89. The predicted molar refractivity (Wildman–Crippen MR) is 77.1 cm³/mol. The summed E-state index contributed by atoms with van der Waals surface area (Å²) in [4.78, 5) is 12.1. The highest BCUT2D eigenvalue weighted by atomic mass is 32.2. The second kappa shape index (κ2) is 6.66. The minimum absolute atomic E-state index is 0.125. The van der Waals surface area contributed by atoms with E-state index >= 15 is 0 Å². The third-order valence-corrected chi connectivity index (χ3v) is 4.09. The molecule has 8 heteroatoms. The van der Waals surface area contributed by atoms with Gasteiger partial charge in [0.25, 0.3) is 0 Å². The number of nitrogens with zero attached hydrogens (tertiary/aromatic N) is 4. The lowest BCUT2D eigenvalue weighted by atomic mass is 10.1. The lowest BCUT2D eigenvalue weighted by Crippen LogP contribution is -2.33. The molecule has 1 heterocycles. The van der Waals surface area contributed by atoms with E-state index in [1.165, 1.54) is 28.6 Å². The molecule has 2 rings (SSSR count). The molecule has 2 aromatic rings. The largest absolute Gasteiger partial charge is 0.349 e. The first-order valence-corrected chi connectivity index (χ1v) is 7.30. The number of aromatic nitrogens is 4. The summed E-state index contributed by atoms with van der Waals surface area (Å²) >= 11 is 1.28. The predicted octanol–water partition coefficient (Wildman–Crippen LogP) is 1.71. The number of amides is 1. The standard InChI is InChI=1S/C13H16FN5OS/c1-8(10-4-6-11(14)7-5-10)15-12(20)9(2)21-13-16-17-18-19(13)3/h4-9H,1-3H3,(H,15,20). The minimum atomic E-state index is -0.336. The SMILES string of the molecule is CC(Sc1nnnn1C)C(=O)NC(C)c1ccc(F)cc1. The molecule has 0 aliphatic rings. The van der Waals surface area contributed by atoms with E-state index in [4.69, 9.17) is 0 Å². The van der Waals surface area contributed by atoms with Gasteiger partial charge < -0.3 is 5.32 Å². The van der Waals surface area contributed by atoms with Gasteiger partial charge in [-0.05, 0) is 42.0 Å². The molecule has 2 unspecified atom stereocenters. The summed E-state index contributed by atoms with van der Waals surface area (Å²) < 4.78 is 14.4. The van der Waals surface area contributed by atoms with Crippen molar-refractivity contribution in [2.24, 2.45) is 7.05 Å². The second-order valence-electron chi connectivity index (χ2n) is 4.63. The fourth-order valence-electron chi connectivity index (χ4n) is 1.70. The van der Waals surface area contributed by atoms with Crippen LogP contribution in [-0.4, -0.2) is 31.4 Å². The second-order valence-corrected chi connectivity index (χ2v) is 5.93. The number of carbonyl (C=O) groups excluding carboxylic acids is 1. The van der Waals surface area contributed by atoms with E-state index in [1.807, 2.05) is 6.92 Å². The molecule has 0 saturated heterocycles. The zero-order chi connectivity index (χ0) is 15.4. The van der Waals surface area contributed by atoms with Crippen molar-refractivity contribution in [2.45, 2.75) is 30.3 Å². The van der Waals surface area contributed by atoms with E-state index in [9.17, 15) is 9.18 Å². The van der Waals surface area contributed by atoms with Gasteiger partial charge in [-0.2, -0.15) is 0 Å². The Bertz CT molecular complexity index is 615. The van der Waals surface area contributed by atoms with Gasteiger partial charge >= 0.3 is 0 Å². The van der Waals surface area contributed by atoms with Gasteiger partial charge in [0.05, 0.1) is 11.3 Å². The maximum Gasteiger partial charge on any atom is 0.233 e. The fourth-order valence-corrected chi connectivity index (χ4v) is 2.46. The first kappa shape index (κ1) is 15.4. The van der Waals surface area contributed by atoms with Gasteiger partial charge in [0.15, 0.2) is 0 Å². The molecule has 0 saturated carbocycles. The van der Waals surface area contributed by atoms with Gasteiger partial charge in [0.1, 0.15) is 5.82 Å². The fraction of sp³-hybridized carbons (Fsp3) is 0.385. The van der Waals surface area contributed by atoms with Crippen LogP contribution in [0.2, 0.25) is 0 Å². The molecule has 1 amide bonds. The highest BCUT2D eigenvalue weighted by Gasteiger charge is 2.19. The summed E-state index contributed by atoms with van der Waals surface area (Å²) in [6, 6.07) is 5.87. The topological polar surface area (TPSA) is 72.7 Å². The Morgan fingerprint density at radius 1 is 1.33 bits per heavy atom. The van der Waals surface area contributed by atoms with Gasteiger partial charge in [-0.1, -0.05) is 23.9 Å². The molecule has 21 heavy (non-hydrogen) atoms. The zero-order valence-electron chi connectivity index (χ0n) is 11.9. The van der Waals surface area contributed by atoms with Crippen LogP contribution in [0.1, 0.15) is 25.5 Å². The number of hydrogen-bond acceptors (Lipinski definition) is 5. The summed E-state index contributed by atoms with van der Waals surface area (Å²) in [7, 11) is 1.72. The van der Waals surface area contributed by atoms with Crippen molar-refractivity contribution in [3.63, 3.8) is 0 Å². The molecular formula is C13H16FN5OS. The van der Waals surface area contributed by atoms with E-state index in [2.05, 4.69) is 20.8 Å². The van der Waals surface area contributed by atoms with Gasteiger partial charge in [0, 0.05) is 7.05 Å². The highest BCUT2D eigenvalue weighted by Crippen LogP contribution is 2.20. The molecule has 0 radical (unpaired) electrons. The van der Waals surface area contributed by atoms with Crippen LogP contribution < -0.4 is 5.32 Å². The monoisotopic (exact) mass is 309 g/mol. The molecular weight excluding hydrogens is 293 g/mol. The molecule has 1 N–H and O–H groups in total. The smallest absolute Gasteiger partial charge is 0.233 e. The molecule has 0 aliphatic heterocycles. The quantitative estimate of drug-likeness (QED) is 0.851. The number of hydrogen-bond donors (Lipinski definition) is 1. The van der Waals surface area contributed by atoms with Crippen LogP contribution in [0.25, 0.3) is 0 Å². The number of tetrazole rings is 1. The molecule has 0 bridgehead atoms. The van der Waals surface area contributed by atoms with Crippen LogP contribution in [0.4, 0.5) is 4.39 Å². The van der Waals surface area contributed by atoms with Crippen LogP contribution in [0.3, 0.4) is 0 Å². The van der Waals surface area contributed by atoms with Crippen molar-refractivity contribution in [2.75, 3.05) is 0 Å². The minimum Gasteiger partial charge on any atom is -0.349 e. The van der Waals surface area contributed by atoms with E-state index in [1.54, 1.807) is 26.1 Å². The Morgan fingerprint density at radius 3 is 2.57 bits per heavy atom. The summed E-state index contributed by atoms with van der Waals surface area (Å²) in [5.74, 6) is -0.421. The summed E-state index contributed by atoms with van der Waals surface area (Å²) in [5, 5.41) is 14.2. The van der Waals surface area contributed by atoms with Crippen LogP contribution in [0.5, 0.6) is 0 Å². The molecule has 2 atom stereocenters. The van der Waals surface area contributed by atoms with Crippen molar-refractivity contribution >= 4 is 17.7 Å². The first-order chi connectivity index (χ1) is 9.97. The molecule has 1 aromatic carbocycles. The Hall–Kier alpha value is -1.96. The number of aryl methyl sites for hydroxylation is 1. The Labute approximate surface area is 126 Å². The molecule has 112 valence electrons.